The second-order valence-corrected chi connectivity index (χ2v) is 14.1. The summed E-state index contributed by atoms with van der Waals surface area (Å²) in [5.74, 6) is 1.94. The predicted octanol–water partition coefficient (Wildman–Crippen LogP) is 11.7. The zero-order valence-corrected chi connectivity index (χ0v) is 28.0. The molecule has 0 amide bonds. The molecule has 6 aromatic carbocycles. The average molecular weight is 634 g/mol. The number of rotatable bonds is 4. The van der Waals surface area contributed by atoms with Crippen molar-refractivity contribution in [1.29, 1.82) is 0 Å². The highest BCUT2D eigenvalue weighted by Gasteiger charge is 2.47. The lowest BCUT2D eigenvalue weighted by atomic mass is 9.55. The number of nitrogens with zero attached hydrogens (tertiary/aromatic N) is 3. The minimum Gasteiger partial charge on any atom is -0.456 e. The van der Waals surface area contributed by atoms with Crippen LogP contribution in [0.15, 0.2) is 144 Å². The molecule has 0 N–H and O–H groups in total. The van der Waals surface area contributed by atoms with Crippen molar-refractivity contribution in [2.45, 2.75) is 38.5 Å². The molecule has 2 heterocycles. The predicted molar refractivity (Wildman–Crippen MR) is 200 cm³/mol. The van der Waals surface area contributed by atoms with Crippen LogP contribution in [0, 0.1) is 0 Å². The van der Waals surface area contributed by atoms with Gasteiger partial charge in [0, 0.05) is 32.9 Å². The Hall–Kier alpha value is -5.87. The number of hydrogen-bond acceptors (Lipinski definition) is 4. The Morgan fingerprint density at radius 1 is 0.429 bits per heavy atom. The van der Waals surface area contributed by atoms with Crippen molar-refractivity contribution in [2.75, 3.05) is 0 Å². The first-order chi connectivity index (χ1) is 23.8. The van der Waals surface area contributed by atoms with Gasteiger partial charge in [0.2, 0.25) is 0 Å². The van der Waals surface area contributed by atoms with Crippen LogP contribution in [0.5, 0.6) is 0 Å². The molecule has 1 aliphatic rings. The fourth-order valence-electron chi connectivity index (χ4n) is 7.61. The van der Waals surface area contributed by atoms with E-state index in [-0.39, 0.29) is 10.8 Å². The lowest BCUT2D eigenvalue weighted by Crippen LogP contribution is -2.43. The molecule has 2 aromatic heterocycles. The lowest BCUT2D eigenvalue weighted by Gasteiger charge is -2.48. The van der Waals surface area contributed by atoms with E-state index < -0.39 is 0 Å². The summed E-state index contributed by atoms with van der Waals surface area (Å²) in [4.78, 5) is 14.8. The van der Waals surface area contributed by atoms with E-state index in [4.69, 9.17) is 19.4 Å². The average Bonchev–Trinajstić information content (AvgIpc) is 3.52. The van der Waals surface area contributed by atoms with Crippen LogP contribution in [0.1, 0.15) is 38.8 Å². The third kappa shape index (κ3) is 4.55. The number of aromatic nitrogens is 3. The van der Waals surface area contributed by atoms with E-state index in [9.17, 15) is 0 Å². The highest BCUT2D eigenvalue weighted by Crippen LogP contribution is 2.56. The molecule has 0 saturated carbocycles. The molecule has 0 bridgehead atoms. The summed E-state index contributed by atoms with van der Waals surface area (Å²) < 4.78 is 6.54. The van der Waals surface area contributed by atoms with Gasteiger partial charge in [-0.15, -0.1) is 0 Å². The van der Waals surface area contributed by atoms with E-state index in [1.54, 1.807) is 0 Å². The Morgan fingerprint density at radius 3 is 1.67 bits per heavy atom. The molecule has 49 heavy (non-hydrogen) atoms. The first-order valence-corrected chi connectivity index (χ1v) is 16.9. The SMILES string of the molecule is CC1(C)c2ccccc2-c2ccc3oc4ccc(-c5cccc(-c6nc(-c7ccccc7)nc(-c7ccccc7)n6)c5)cc4c3c2C1(C)C. The van der Waals surface area contributed by atoms with Crippen LogP contribution < -0.4 is 0 Å². The molecule has 0 saturated heterocycles. The molecule has 0 radical (unpaired) electrons. The maximum atomic E-state index is 6.54. The molecule has 236 valence electrons. The first kappa shape index (κ1) is 29.3. The van der Waals surface area contributed by atoms with Crippen molar-refractivity contribution in [1.82, 2.24) is 15.0 Å². The van der Waals surface area contributed by atoms with Crippen molar-refractivity contribution in [3.63, 3.8) is 0 Å². The summed E-state index contributed by atoms with van der Waals surface area (Å²) in [6.45, 7) is 9.52. The first-order valence-electron chi connectivity index (χ1n) is 16.9. The van der Waals surface area contributed by atoms with Gasteiger partial charge in [-0.3, -0.25) is 0 Å². The number of hydrogen-bond donors (Lipinski definition) is 0. The Bertz CT molecular complexity index is 2490. The molecule has 1 aliphatic carbocycles. The van der Waals surface area contributed by atoms with Gasteiger partial charge in [-0.25, -0.2) is 15.0 Å². The van der Waals surface area contributed by atoms with Gasteiger partial charge in [-0.1, -0.05) is 143 Å². The number of benzene rings is 6. The largest absolute Gasteiger partial charge is 0.456 e. The van der Waals surface area contributed by atoms with Gasteiger partial charge in [-0.2, -0.15) is 0 Å². The van der Waals surface area contributed by atoms with Crippen molar-refractivity contribution in [2.24, 2.45) is 0 Å². The molecule has 4 heteroatoms. The zero-order valence-electron chi connectivity index (χ0n) is 28.0. The summed E-state index contributed by atoms with van der Waals surface area (Å²) in [5, 5.41) is 2.34. The summed E-state index contributed by atoms with van der Waals surface area (Å²) in [6, 6.07) is 48.5. The quantitative estimate of drug-likeness (QED) is 0.193. The topological polar surface area (TPSA) is 51.8 Å². The van der Waals surface area contributed by atoms with Gasteiger partial charge in [0.1, 0.15) is 11.2 Å². The van der Waals surface area contributed by atoms with Gasteiger partial charge in [0.25, 0.3) is 0 Å². The zero-order chi connectivity index (χ0) is 33.3. The van der Waals surface area contributed by atoms with E-state index in [1.807, 2.05) is 60.7 Å². The van der Waals surface area contributed by atoms with Gasteiger partial charge in [0.15, 0.2) is 17.5 Å². The van der Waals surface area contributed by atoms with Crippen LogP contribution >= 0.6 is 0 Å². The number of fused-ring (bicyclic) bond motifs is 7. The summed E-state index contributed by atoms with van der Waals surface area (Å²) in [6.07, 6.45) is 0. The lowest BCUT2D eigenvalue weighted by molar-refractivity contribution is 0.301. The summed E-state index contributed by atoms with van der Waals surface area (Å²) >= 11 is 0. The molecule has 0 spiro atoms. The van der Waals surface area contributed by atoms with Crippen LogP contribution in [0.4, 0.5) is 0 Å². The fourth-order valence-corrected chi connectivity index (χ4v) is 7.61. The van der Waals surface area contributed by atoms with E-state index >= 15 is 0 Å². The fraction of sp³-hybridized carbons (Fsp3) is 0.133. The smallest absolute Gasteiger partial charge is 0.164 e. The van der Waals surface area contributed by atoms with E-state index in [2.05, 4.69) is 107 Å². The van der Waals surface area contributed by atoms with Gasteiger partial charge >= 0.3 is 0 Å². The monoisotopic (exact) mass is 633 g/mol. The highest BCUT2D eigenvalue weighted by atomic mass is 16.3. The van der Waals surface area contributed by atoms with Crippen LogP contribution in [0.3, 0.4) is 0 Å². The normalized spacial score (nSPS) is 14.4. The molecule has 4 nitrogen and oxygen atoms in total. The van der Waals surface area contributed by atoms with Gasteiger partial charge < -0.3 is 4.42 Å². The molecular weight excluding hydrogens is 599 g/mol. The number of furan rings is 1. The molecule has 0 atom stereocenters. The summed E-state index contributed by atoms with van der Waals surface area (Å²) in [5.41, 5.74) is 12.0. The molecule has 0 fully saturated rings. The molecule has 0 aliphatic heterocycles. The Labute approximate surface area is 286 Å². The molecule has 0 unspecified atom stereocenters. The van der Waals surface area contributed by atoms with E-state index in [0.717, 1.165) is 44.4 Å². The Morgan fingerprint density at radius 2 is 0.980 bits per heavy atom. The van der Waals surface area contributed by atoms with Crippen LogP contribution in [-0.4, -0.2) is 15.0 Å². The molecular formula is C45H35N3O. The van der Waals surface area contributed by atoms with E-state index in [0.29, 0.717) is 17.5 Å². The van der Waals surface area contributed by atoms with Crippen molar-refractivity contribution >= 4 is 21.9 Å². The van der Waals surface area contributed by atoms with Crippen LogP contribution in [-0.2, 0) is 10.8 Å². The minimum atomic E-state index is -0.144. The third-order valence-corrected chi connectivity index (χ3v) is 10.9. The Kier molecular flexibility index (Phi) is 6.47. The maximum Gasteiger partial charge on any atom is 0.164 e. The molecule has 8 aromatic rings. The maximum absolute atomic E-state index is 6.54. The van der Waals surface area contributed by atoms with Crippen molar-refractivity contribution in [3.05, 3.63) is 151 Å². The van der Waals surface area contributed by atoms with Crippen LogP contribution in [0.2, 0.25) is 0 Å². The van der Waals surface area contributed by atoms with E-state index in [1.165, 1.54) is 27.6 Å². The van der Waals surface area contributed by atoms with Crippen molar-refractivity contribution in [3.8, 4) is 56.4 Å². The molecule has 9 rings (SSSR count). The Balaban J connectivity index is 1.21. The second kappa shape index (κ2) is 10.8. The highest BCUT2D eigenvalue weighted by molar-refractivity contribution is 6.11. The minimum absolute atomic E-state index is 0.0812. The van der Waals surface area contributed by atoms with Crippen molar-refractivity contribution < 1.29 is 4.42 Å². The van der Waals surface area contributed by atoms with Gasteiger partial charge in [0.05, 0.1) is 0 Å². The second-order valence-electron chi connectivity index (χ2n) is 14.1. The standard InChI is InChI=1S/C45H35N3O/c1-44(2)36-21-12-11-20-33(36)34-23-25-38-39(40(34)45(44,3)4)35-27-31(22-24-37(35)49-38)30-18-13-19-32(26-30)43-47-41(28-14-7-5-8-15-28)46-42(48-43)29-16-9-6-10-17-29/h5-27H,1-4H3. The summed E-state index contributed by atoms with van der Waals surface area (Å²) in [7, 11) is 0. The third-order valence-electron chi connectivity index (χ3n) is 10.9. The van der Waals surface area contributed by atoms with Gasteiger partial charge in [-0.05, 0) is 63.1 Å². The van der Waals surface area contributed by atoms with Crippen LogP contribution in [0.25, 0.3) is 78.4 Å².